The minimum Gasteiger partial charge on any atom is -0.480 e. The maximum absolute atomic E-state index is 11.0. The maximum atomic E-state index is 11.0. The summed E-state index contributed by atoms with van der Waals surface area (Å²) in [7, 11) is 0. The molecule has 0 aliphatic carbocycles. The van der Waals surface area contributed by atoms with Crippen molar-refractivity contribution >= 4 is 18.1 Å². The Hall–Kier alpha value is -2.37. The normalized spacial score (nSPS) is 12.2. The van der Waals surface area contributed by atoms with Gasteiger partial charge in [-0.1, -0.05) is 30.3 Å². The smallest absolute Gasteiger partial charge is 0.328 e. The standard InChI is InChI=1S/C13H18N4O2/c14-13(15)16-8-4-7-11(12(18)19)17-9-10-5-2-1-3-6-10/h1-3,5-6,9,11H,4,7-8H2,(H,18,19)(H4,14,15,16)/t11-/m1/s1. The molecule has 0 bridgehead atoms. The average Bonchev–Trinajstić information content (AvgIpc) is 2.38. The number of rotatable bonds is 7. The number of carboxylic acid groups (broad SMARTS) is 1. The fourth-order valence-corrected chi connectivity index (χ4v) is 1.47. The van der Waals surface area contributed by atoms with Gasteiger partial charge in [0.25, 0.3) is 0 Å². The summed E-state index contributed by atoms with van der Waals surface area (Å²) in [6.45, 7) is 0.410. The number of guanidine groups is 1. The largest absolute Gasteiger partial charge is 0.480 e. The van der Waals surface area contributed by atoms with Gasteiger partial charge in [0, 0.05) is 12.8 Å². The quantitative estimate of drug-likeness (QED) is 0.379. The van der Waals surface area contributed by atoms with Gasteiger partial charge < -0.3 is 16.6 Å². The summed E-state index contributed by atoms with van der Waals surface area (Å²) in [5, 5.41) is 9.06. The molecule has 1 atom stereocenters. The molecule has 1 rings (SSSR count). The molecule has 0 amide bonds. The highest BCUT2D eigenvalue weighted by Gasteiger charge is 2.14. The molecule has 5 N–H and O–H groups in total. The van der Waals surface area contributed by atoms with E-state index in [2.05, 4.69) is 9.98 Å². The number of nitrogens with two attached hydrogens (primary N) is 2. The number of nitrogens with zero attached hydrogens (tertiary/aromatic N) is 2. The maximum Gasteiger partial charge on any atom is 0.328 e. The fraction of sp³-hybridized carbons (Fsp3) is 0.308. The molecule has 6 heteroatoms. The zero-order valence-electron chi connectivity index (χ0n) is 10.6. The van der Waals surface area contributed by atoms with Gasteiger partial charge in [-0.15, -0.1) is 0 Å². The van der Waals surface area contributed by atoms with Crippen LogP contribution in [0, 0.1) is 0 Å². The van der Waals surface area contributed by atoms with Crippen LogP contribution in [0.15, 0.2) is 40.3 Å². The van der Waals surface area contributed by atoms with E-state index in [4.69, 9.17) is 16.6 Å². The Balaban J connectivity index is 2.51. The van der Waals surface area contributed by atoms with Crippen molar-refractivity contribution in [3.63, 3.8) is 0 Å². The Kier molecular flexibility index (Phi) is 6.08. The van der Waals surface area contributed by atoms with E-state index in [0.717, 1.165) is 5.56 Å². The summed E-state index contributed by atoms with van der Waals surface area (Å²) in [5.41, 5.74) is 11.2. The minimum atomic E-state index is -0.947. The van der Waals surface area contributed by atoms with E-state index >= 15 is 0 Å². The fourth-order valence-electron chi connectivity index (χ4n) is 1.47. The first-order chi connectivity index (χ1) is 9.09. The molecule has 0 aromatic heterocycles. The lowest BCUT2D eigenvalue weighted by molar-refractivity contribution is -0.138. The molecular weight excluding hydrogens is 244 g/mol. The lowest BCUT2D eigenvalue weighted by Crippen LogP contribution is -2.23. The van der Waals surface area contributed by atoms with E-state index in [0.29, 0.717) is 19.4 Å². The average molecular weight is 262 g/mol. The first-order valence-electron chi connectivity index (χ1n) is 5.96. The molecule has 0 saturated carbocycles. The number of carbonyl (C=O) groups is 1. The van der Waals surface area contributed by atoms with Crippen LogP contribution in [-0.4, -0.2) is 35.8 Å². The summed E-state index contributed by atoms with van der Waals surface area (Å²) in [6, 6.07) is 8.59. The molecule has 0 saturated heterocycles. The molecular formula is C13H18N4O2. The van der Waals surface area contributed by atoms with Crippen LogP contribution in [0.25, 0.3) is 0 Å². The van der Waals surface area contributed by atoms with E-state index in [-0.39, 0.29) is 5.96 Å². The minimum absolute atomic E-state index is 0.0136. The van der Waals surface area contributed by atoms with Gasteiger partial charge in [-0.2, -0.15) is 0 Å². The lowest BCUT2D eigenvalue weighted by atomic mass is 10.1. The van der Waals surface area contributed by atoms with Gasteiger partial charge in [-0.3, -0.25) is 9.98 Å². The number of hydrogen-bond donors (Lipinski definition) is 3. The number of aliphatic imine (C=N–C) groups is 2. The molecule has 0 radical (unpaired) electrons. The monoisotopic (exact) mass is 262 g/mol. The molecule has 0 spiro atoms. The first-order valence-corrected chi connectivity index (χ1v) is 5.96. The number of carboxylic acids is 1. The summed E-state index contributed by atoms with van der Waals surface area (Å²) >= 11 is 0. The molecule has 1 aromatic carbocycles. The summed E-state index contributed by atoms with van der Waals surface area (Å²) in [4.78, 5) is 18.9. The van der Waals surface area contributed by atoms with Crippen LogP contribution in [0.2, 0.25) is 0 Å². The Bertz CT molecular complexity index is 453. The van der Waals surface area contributed by atoms with Gasteiger partial charge in [-0.05, 0) is 18.4 Å². The summed E-state index contributed by atoms with van der Waals surface area (Å²) in [6.07, 6.45) is 2.54. The Labute approximate surface area is 111 Å². The molecule has 0 aliphatic heterocycles. The number of benzene rings is 1. The molecule has 0 aliphatic rings. The third kappa shape index (κ3) is 6.21. The van der Waals surface area contributed by atoms with Gasteiger partial charge in [0.2, 0.25) is 0 Å². The van der Waals surface area contributed by atoms with E-state index in [1.54, 1.807) is 6.21 Å². The van der Waals surface area contributed by atoms with Gasteiger partial charge >= 0.3 is 5.97 Å². The van der Waals surface area contributed by atoms with Gasteiger partial charge in [-0.25, -0.2) is 4.79 Å². The Morgan fingerprint density at radius 1 is 1.32 bits per heavy atom. The SMILES string of the molecule is NC(N)=NCCC[C@@H](N=Cc1ccccc1)C(=O)O. The second-order valence-corrected chi connectivity index (χ2v) is 3.99. The van der Waals surface area contributed by atoms with Crippen LogP contribution in [0.3, 0.4) is 0 Å². The van der Waals surface area contributed by atoms with Crippen molar-refractivity contribution in [1.82, 2.24) is 0 Å². The number of hydrogen-bond acceptors (Lipinski definition) is 3. The van der Waals surface area contributed by atoms with Gasteiger partial charge in [0.05, 0.1) is 0 Å². The molecule has 6 nitrogen and oxygen atoms in total. The van der Waals surface area contributed by atoms with Crippen LogP contribution in [0.1, 0.15) is 18.4 Å². The zero-order valence-corrected chi connectivity index (χ0v) is 10.6. The molecule has 0 unspecified atom stereocenters. The molecule has 102 valence electrons. The van der Waals surface area contributed by atoms with Crippen LogP contribution >= 0.6 is 0 Å². The topological polar surface area (TPSA) is 114 Å². The Morgan fingerprint density at radius 3 is 2.58 bits per heavy atom. The van der Waals surface area contributed by atoms with Crippen molar-refractivity contribution in [2.75, 3.05) is 6.54 Å². The second-order valence-electron chi connectivity index (χ2n) is 3.99. The van der Waals surface area contributed by atoms with Crippen molar-refractivity contribution in [2.45, 2.75) is 18.9 Å². The first kappa shape index (κ1) is 14.7. The molecule has 19 heavy (non-hydrogen) atoms. The van der Waals surface area contributed by atoms with Gasteiger partial charge in [0.1, 0.15) is 6.04 Å². The third-order valence-corrected chi connectivity index (χ3v) is 2.42. The highest BCUT2D eigenvalue weighted by Crippen LogP contribution is 2.04. The highest BCUT2D eigenvalue weighted by atomic mass is 16.4. The molecule has 1 aromatic rings. The summed E-state index contributed by atoms with van der Waals surface area (Å²) < 4.78 is 0. The predicted molar refractivity (Wildman–Crippen MR) is 75.4 cm³/mol. The zero-order chi connectivity index (χ0) is 14.1. The van der Waals surface area contributed by atoms with E-state index in [1.165, 1.54) is 0 Å². The van der Waals surface area contributed by atoms with E-state index in [9.17, 15) is 4.79 Å². The van der Waals surface area contributed by atoms with E-state index < -0.39 is 12.0 Å². The third-order valence-electron chi connectivity index (χ3n) is 2.42. The lowest BCUT2D eigenvalue weighted by Gasteiger charge is -2.06. The number of aliphatic carboxylic acids is 1. The summed E-state index contributed by atoms with van der Waals surface area (Å²) in [5.74, 6) is -0.934. The highest BCUT2D eigenvalue weighted by molar-refractivity contribution is 5.83. The van der Waals surface area contributed by atoms with Gasteiger partial charge in [0.15, 0.2) is 5.96 Å². The van der Waals surface area contributed by atoms with Crippen molar-refractivity contribution in [2.24, 2.45) is 21.5 Å². The van der Waals surface area contributed by atoms with Crippen molar-refractivity contribution in [1.29, 1.82) is 0 Å². The molecule has 0 heterocycles. The molecule has 0 fully saturated rings. The van der Waals surface area contributed by atoms with Crippen LogP contribution in [0.5, 0.6) is 0 Å². The Morgan fingerprint density at radius 2 is 2.00 bits per heavy atom. The van der Waals surface area contributed by atoms with Crippen LogP contribution < -0.4 is 11.5 Å². The second kappa shape index (κ2) is 7.86. The predicted octanol–water partition coefficient (Wildman–Crippen LogP) is 0.612. The van der Waals surface area contributed by atoms with E-state index in [1.807, 2.05) is 30.3 Å². The van der Waals surface area contributed by atoms with Crippen LogP contribution in [0.4, 0.5) is 0 Å². The van der Waals surface area contributed by atoms with Crippen molar-refractivity contribution in [3.8, 4) is 0 Å². The van der Waals surface area contributed by atoms with Crippen LogP contribution in [-0.2, 0) is 4.79 Å². The van der Waals surface area contributed by atoms with Crippen molar-refractivity contribution in [3.05, 3.63) is 35.9 Å². The van der Waals surface area contributed by atoms with Crippen molar-refractivity contribution < 1.29 is 9.90 Å².